The van der Waals surface area contributed by atoms with Crippen molar-refractivity contribution in [1.29, 1.82) is 0 Å². The van der Waals surface area contributed by atoms with E-state index in [4.69, 9.17) is 4.74 Å². The molecule has 5 heteroatoms. The van der Waals surface area contributed by atoms with Gasteiger partial charge in [0.25, 0.3) is 0 Å². The summed E-state index contributed by atoms with van der Waals surface area (Å²) >= 11 is 0. The zero-order valence-electron chi connectivity index (χ0n) is 12.2. The molecular formula is C15H22N2O3. The molecule has 0 aromatic heterocycles. The molecule has 0 aliphatic carbocycles. The van der Waals surface area contributed by atoms with Crippen LogP contribution in [0.5, 0.6) is 0 Å². The van der Waals surface area contributed by atoms with Crippen LogP contribution in [0.3, 0.4) is 0 Å². The van der Waals surface area contributed by atoms with Crippen LogP contribution in [0.4, 0.5) is 0 Å². The lowest BCUT2D eigenvalue weighted by atomic mass is 10.1. The van der Waals surface area contributed by atoms with Crippen LogP contribution in [0.1, 0.15) is 25.0 Å². The van der Waals surface area contributed by atoms with E-state index in [0.717, 1.165) is 12.0 Å². The van der Waals surface area contributed by atoms with Gasteiger partial charge in [0, 0.05) is 13.7 Å². The fourth-order valence-electron chi connectivity index (χ4n) is 1.78. The van der Waals surface area contributed by atoms with Crippen molar-refractivity contribution >= 4 is 11.8 Å². The number of carbonyl (C=O) groups is 2. The largest absolute Gasteiger partial charge is 0.375 e. The Labute approximate surface area is 119 Å². The van der Waals surface area contributed by atoms with Crippen LogP contribution in [-0.2, 0) is 27.3 Å². The Hall–Kier alpha value is -1.88. The number of hydrogen-bond acceptors (Lipinski definition) is 3. The van der Waals surface area contributed by atoms with E-state index in [1.165, 1.54) is 12.7 Å². The van der Waals surface area contributed by atoms with Gasteiger partial charge < -0.3 is 15.4 Å². The number of ether oxygens (including phenoxy) is 1. The number of carbonyl (C=O) groups excluding carboxylic acids is 2. The maximum Gasteiger partial charge on any atom is 0.246 e. The molecule has 0 saturated carbocycles. The molecule has 2 N–H and O–H groups in total. The van der Waals surface area contributed by atoms with Crippen LogP contribution in [0.2, 0.25) is 0 Å². The third-order valence-electron chi connectivity index (χ3n) is 2.91. The number of methoxy groups -OCH3 is 1. The van der Waals surface area contributed by atoms with Crippen molar-refractivity contribution in [2.45, 2.75) is 32.9 Å². The summed E-state index contributed by atoms with van der Waals surface area (Å²) in [4.78, 5) is 23.1. The Morgan fingerprint density at radius 3 is 2.65 bits per heavy atom. The SMILES string of the molecule is CCc1cccc(CNC(=O)[C@@H](C)NC(=O)COC)c1. The van der Waals surface area contributed by atoms with Crippen molar-refractivity contribution in [3.63, 3.8) is 0 Å². The molecule has 1 atom stereocenters. The standard InChI is InChI=1S/C15H22N2O3/c1-4-12-6-5-7-13(8-12)9-16-15(19)11(2)17-14(18)10-20-3/h5-8,11H,4,9-10H2,1-3H3,(H,16,19)(H,17,18)/t11-/m1/s1. The summed E-state index contributed by atoms with van der Waals surface area (Å²) in [5, 5.41) is 5.37. The molecule has 0 spiro atoms. The lowest BCUT2D eigenvalue weighted by molar-refractivity contribution is -0.130. The Morgan fingerprint density at radius 1 is 1.30 bits per heavy atom. The normalized spacial score (nSPS) is 11.8. The van der Waals surface area contributed by atoms with Gasteiger partial charge >= 0.3 is 0 Å². The molecule has 0 unspecified atom stereocenters. The van der Waals surface area contributed by atoms with Gasteiger partial charge in [-0.2, -0.15) is 0 Å². The van der Waals surface area contributed by atoms with E-state index >= 15 is 0 Å². The van der Waals surface area contributed by atoms with Crippen molar-refractivity contribution in [2.24, 2.45) is 0 Å². The number of aryl methyl sites for hydroxylation is 1. The fourth-order valence-corrected chi connectivity index (χ4v) is 1.78. The van der Waals surface area contributed by atoms with Gasteiger partial charge in [0.1, 0.15) is 12.6 Å². The Bertz CT molecular complexity index is 460. The first-order valence-electron chi connectivity index (χ1n) is 6.70. The first-order chi connectivity index (χ1) is 9.56. The minimum atomic E-state index is -0.577. The minimum absolute atomic E-state index is 0.0455. The number of amides is 2. The highest BCUT2D eigenvalue weighted by molar-refractivity contribution is 5.87. The smallest absolute Gasteiger partial charge is 0.246 e. The average Bonchev–Trinajstić information content (AvgIpc) is 2.45. The maximum absolute atomic E-state index is 11.8. The van der Waals surface area contributed by atoms with E-state index in [9.17, 15) is 9.59 Å². The van der Waals surface area contributed by atoms with Crippen molar-refractivity contribution in [3.05, 3.63) is 35.4 Å². The summed E-state index contributed by atoms with van der Waals surface area (Å²) in [5.74, 6) is -0.514. The van der Waals surface area contributed by atoms with Gasteiger partial charge in [-0.3, -0.25) is 9.59 Å². The lowest BCUT2D eigenvalue weighted by Crippen LogP contribution is -2.45. The average molecular weight is 278 g/mol. The molecule has 0 fully saturated rings. The van der Waals surface area contributed by atoms with E-state index < -0.39 is 6.04 Å². The van der Waals surface area contributed by atoms with Crippen LogP contribution in [-0.4, -0.2) is 31.6 Å². The van der Waals surface area contributed by atoms with Crippen LogP contribution >= 0.6 is 0 Å². The molecule has 0 saturated heterocycles. The number of nitrogens with one attached hydrogen (secondary N) is 2. The van der Waals surface area contributed by atoms with E-state index in [-0.39, 0.29) is 18.4 Å². The van der Waals surface area contributed by atoms with Gasteiger partial charge in [-0.05, 0) is 24.5 Å². The molecular weight excluding hydrogens is 256 g/mol. The lowest BCUT2D eigenvalue weighted by Gasteiger charge is -2.14. The molecule has 20 heavy (non-hydrogen) atoms. The second kappa shape index (κ2) is 8.32. The van der Waals surface area contributed by atoms with Gasteiger partial charge in [-0.25, -0.2) is 0 Å². The van der Waals surface area contributed by atoms with E-state index in [1.54, 1.807) is 6.92 Å². The quantitative estimate of drug-likeness (QED) is 0.782. The van der Waals surface area contributed by atoms with Crippen LogP contribution < -0.4 is 10.6 Å². The zero-order valence-corrected chi connectivity index (χ0v) is 12.2. The number of rotatable bonds is 7. The maximum atomic E-state index is 11.8. The van der Waals surface area contributed by atoms with Gasteiger partial charge in [0.15, 0.2) is 0 Å². The third-order valence-corrected chi connectivity index (χ3v) is 2.91. The molecule has 110 valence electrons. The molecule has 5 nitrogen and oxygen atoms in total. The summed E-state index contributed by atoms with van der Waals surface area (Å²) in [5.41, 5.74) is 2.28. The Morgan fingerprint density at radius 2 is 2.00 bits per heavy atom. The molecule has 0 bridgehead atoms. The summed E-state index contributed by atoms with van der Waals surface area (Å²) < 4.78 is 4.70. The van der Waals surface area contributed by atoms with Crippen LogP contribution in [0.15, 0.2) is 24.3 Å². The molecule has 0 heterocycles. The summed E-state index contributed by atoms with van der Waals surface area (Å²) in [7, 11) is 1.44. The molecule has 0 radical (unpaired) electrons. The van der Waals surface area contributed by atoms with E-state index in [1.807, 2.05) is 12.1 Å². The van der Waals surface area contributed by atoms with Crippen molar-refractivity contribution in [2.75, 3.05) is 13.7 Å². The minimum Gasteiger partial charge on any atom is -0.375 e. The fraction of sp³-hybridized carbons (Fsp3) is 0.467. The second-order valence-electron chi connectivity index (χ2n) is 4.61. The molecule has 2 amide bonds. The number of benzene rings is 1. The summed E-state index contributed by atoms with van der Waals surface area (Å²) in [6.07, 6.45) is 0.964. The molecule has 0 aliphatic rings. The third kappa shape index (κ3) is 5.40. The topological polar surface area (TPSA) is 67.4 Å². The van der Waals surface area contributed by atoms with E-state index in [2.05, 4.69) is 29.7 Å². The van der Waals surface area contributed by atoms with E-state index in [0.29, 0.717) is 6.54 Å². The van der Waals surface area contributed by atoms with Crippen molar-refractivity contribution in [1.82, 2.24) is 10.6 Å². The first-order valence-corrected chi connectivity index (χ1v) is 6.70. The predicted octanol–water partition coefficient (Wildman–Crippen LogP) is 1.02. The van der Waals surface area contributed by atoms with Crippen molar-refractivity contribution in [3.8, 4) is 0 Å². The zero-order chi connectivity index (χ0) is 15.0. The van der Waals surface area contributed by atoms with Crippen LogP contribution in [0, 0.1) is 0 Å². The first kappa shape index (κ1) is 16.2. The Kier molecular flexibility index (Phi) is 6.73. The van der Waals surface area contributed by atoms with Gasteiger partial charge in [0.05, 0.1) is 0 Å². The second-order valence-corrected chi connectivity index (χ2v) is 4.61. The summed E-state index contributed by atoms with van der Waals surface area (Å²) in [6.45, 7) is 4.14. The van der Waals surface area contributed by atoms with Gasteiger partial charge in [-0.1, -0.05) is 31.2 Å². The molecule has 0 aliphatic heterocycles. The number of hydrogen-bond donors (Lipinski definition) is 2. The molecule has 1 rings (SSSR count). The highest BCUT2D eigenvalue weighted by atomic mass is 16.5. The van der Waals surface area contributed by atoms with Crippen molar-refractivity contribution < 1.29 is 14.3 Å². The molecule has 1 aromatic rings. The summed E-state index contributed by atoms with van der Waals surface area (Å²) in [6, 6.07) is 7.48. The van der Waals surface area contributed by atoms with Crippen LogP contribution in [0.25, 0.3) is 0 Å². The highest BCUT2D eigenvalue weighted by Crippen LogP contribution is 2.05. The Balaban J connectivity index is 2.43. The van der Waals surface area contributed by atoms with Gasteiger partial charge in [-0.15, -0.1) is 0 Å². The predicted molar refractivity (Wildman–Crippen MR) is 77.1 cm³/mol. The highest BCUT2D eigenvalue weighted by Gasteiger charge is 2.14. The molecule has 1 aromatic carbocycles. The van der Waals surface area contributed by atoms with Gasteiger partial charge in [0.2, 0.25) is 11.8 Å². The monoisotopic (exact) mass is 278 g/mol.